The minimum Gasteiger partial charge on any atom is -0.461 e. The van der Waals surface area contributed by atoms with Crippen molar-refractivity contribution < 1.29 is 9.53 Å². The summed E-state index contributed by atoms with van der Waals surface area (Å²) >= 11 is 5.87. The number of ether oxygens (including phenoxy) is 1. The summed E-state index contributed by atoms with van der Waals surface area (Å²) in [5, 5.41) is 0.390. The van der Waals surface area contributed by atoms with E-state index in [-0.39, 0.29) is 5.97 Å². The molecule has 2 aromatic heterocycles. The molecule has 2 aromatic rings. The highest BCUT2D eigenvalue weighted by atomic mass is 35.5. The number of carbonyl (C=O) groups is 1. The van der Waals surface area contributed by atoms with Gasteiger partial charge in [0.25, 0.3) is 0 Å². The van der Waals surface area contributed by atoms with Crippen molar-refractivity contribution in [1.29, 1.82) is 0 Å². The molecule has 0 aliphatic carbocycles. The van der Waals surface area contributed by atoms with Crippen LogP contribution in [-0.2, 0) is 11.3 Å². The Balaban J connectivity index is 2.45. The van der Waals surface area contributed by atoms with Crippen LogP contribution in [0.15, 0.2) is 24.4 Å². The molecule has 100 valence electrons. The first-order chi connectivity index (χ1) is 9.17. The molecule has 0 bridgehead atoms. The van der Waals surface area contributed by atoms with Gasteiger partial charge in [-0.2, -0.15) is 0 Å². The molecule has 6 heteroatoms. The van der Waals surface area contributed by atoms with Gasteiger partial charge in [-0.25, -0.2) is 14.8 Å². The first kappa shape index (κ1) is 13.5. The number of nitrogens with zero attached hydrogens (tertiary/aromatic N) is 3. The van der Waals surface area contributed by atoms with E-state index in [1.165, 1.54) is 6.20 Å². The number of halogens is 1. The summed E-state index contributed by atoms with van der Waals surface area (Å²) in [6.07, 6.45) is 1.50. The lowest BCUT2D eigenvalue weighted by atomic mass is 10.3. The SMILES string of the molecule is CCOC(=O)c1cnc(-c2cccc(Cl)n2)n1CC. The van der Waals surface area contributed by atoms with Gasteiger partial charge in [0.05, 0.1) is 12.8 Å². The van der Waals surface area contributed by atoms with E-state index in [1.807, 2.05) is 6.92 Å². The fourth-order valence-electron chi connectivity index (χ4n) is 1.80. The normalized spacial score (nSPS) is 10.5. The molecular weight excluding hydrogens is 266 g/mol. The van der Waals surface area contributed by atoms with Gasteiger partial charge in [-0.05, 0) is 26.0 Å². The van der Waals surface area contributed by atoms with Gasteiger partial charge in [-0.1, -0.05) is 17.7 Å². The molecule has 0 aliphatic heterocycles. The smallest absolute Gasteiger partial charge is 0.356 e. The third-order valence-electron chi connectivity index (χ3n) is 2.60. The molecule has 0 spiro atoms. The maximum absolute atomic E-state index is 11.8. The van der Waals surface area contributed by atoms with Crippen LogP contribution in [0, 0.1) is 0 Å². The van der Waals surface area contributed by atoms with Crippen molar-refractivity contribution in [2.45, 2.75) is 20.4 Å². The van der Waals surface area contributed by atoms with E-state index < -0.39 is 0 Å². The fourth-order valence-corrected chi connectivity index (χ4v) is 1.96. The van der Waals surface area contributed by atoms with Crippen LogP contribution in [0.1, 0.15) is 24.3 Å². The van der Waals surface area contributed by atoms with Crippen molar-refractivity contribution in [1.82, 2.24) is 14.5 Å². The molecule has 0 N–H and O–H groups in total. The molecule has 0 saturated carbocycles. The minimum atomic E-state index is -0.384. The lowest BCUT2D eigenvalue weighted by Crippen LogP contribution is -2.12. The van der Waals surface area contributed by atoms with Gasteiger partial charge in [-0.3, -0.25) is 0 Å². The Hall–Kier alpha value is -1.88. The van der Waals surface area contributed by atoms with Gasteiger partial charge in [-0.15, -0.1) is 0 Å². The van der Waals surface area contributed by atoms with E-state index in [2.05, 4.69) is 9.97 Å². The van der Waals surface area contributed by atoms with Gasteiger partial charge in [0, 0.05) is 6.54 Å². The van der Waals surface area contributed by atoms with Crippen LogP contribution in [0.3, 0.4) is 0 Å². The van der Waals surface area contributed by atoms with E-state index in [0.29, 0.717) is 35.5 Å². The summed E-state index contributed by atoms with van der Waals surface area (Å²) in [4.78, 5) is 20.2. The highest BCUT2D eigenvalue weighted by Gasteiger charge is 2.18. The molecule has 19 heavy (non-hydrogen) atoms. The van der Waals surface area contributed by atoms with Crippen molar-refractivity contribution in [3.8, 4) is 11.5 Å². The molecule has 0 aliphatic rings. The van der Waals surface area contributed by atoms with E-state index in [0.717, 1.165) is 0 Å². The number of pyridine rings is 1. The van der Waals surface area contributed by atoms with Gasteiger partial charge in [0.2, 0.25) is 0 Å². The van der Waals surface area contributed by atoms with Crippen molar-refractivity contribution in [2.24, 2.45) is 0 Å². The Morgan fingerprint density at radius 3 is 2.84 bits per heavy atom. The largest absolute Gasteiger partial charge is 0.461 e. The molecule has 2 heterocycles. The highest BCUT2D eigenvalue weighted by molar-refractivity contribution is 6.29. The number of carbonyl (C=O) groups excluding carboxylic acids is 1. The number of hydrogen-bond acceptors (Lipinski definition) is 4. The maximum Gasteiger partial charge on any atom is 0.356 e. The summed E-state index contributed by atoms with van der Waals surface area (Å²) in [6, 6.07) is 5.29. The molecule has 0 unspecified atom stereocenters. The standard InChI is InChI=1S/C13H14ClN3O2/c1-3-17-10(13(18)19-4-2)8-15-12(17)9-6-5-7-11(14)16-9/h5-8H,3-4H2,1-2H3. The van der Waals surface area contributed by atoms with Gasteiger partial charge >= 0.3 is 5.97 Å². The summed E-state index contributed by atoms with van der Waals surface area (Å²) in [5.74, 6) is 0.221. The molecule has 0 aromatic carbocycles. The molecule has 0 fully saturated rings. The van der Waals surface area contributed by atoms with Crippen LogP contribution in [0.5, 0.6) is 0 Å². The molecule has 0 saturated heterocycles. The number of imidazole rings is 1. The fraction of sp³-hybridized carbons (Fsp3) is 0.308. The Morgan fingerprint density at radius 2 is 2.21 bits per heavy atom. The second-order valence-corrected chi connectivity index (χ2v) is 4.16. The first-order valence-corrected chi connectivity index (χ1v) is 6.40. The zero-order valence-corrected chi connectivity index (χ0v) is 11.5. The summed E-state index contributed by atoms with van der Waals surface area (Å²) in [7, 11) is 0. The van der Waals surface area contributed by atoms with Crippen LogP contribution >= 0.6 is 11.6 Å². The predicted molar refractivity (Wildman–Crippen MR) is 72.1 cm³/mol. The Bertz CT molecular complexity index is 595. The van der Waals surface area contributed by atoms with Crippen LogP contribution in [0.2, 0.25) is 5.15 Å². The Labute approximate surface area is 116 Å². The molecule has 2 rings (SSSR count). The number of esters is 1. The zero-order valence-electron chi connectivity index (χ0n) is 10.8. The lowest BCUT2D eigenvalue weighted by molar-refractivity contribution is 0.0514. The third-order valence-corrected chi connectivity index (χ3v) is 2.81. The highest BCUT2D eigenvalue weighted by Crippen LogP contribution is 2.20. The molecule has 0 amide bonds. The minimum absolute atomic E-state index is 0.332. The lowest BCUT2D eigenvalue weighted by Gasteiger charge is -2.08. The van der Waals surface area contributed by atoms with Crippen molar-refractivity contribution in [2.75, 3.05) is 6.61 Å². The molecule has 0 radical (unpaired) electrons. The van der Waals surface area contributed by atoms with E-state index >= 15 is 0 Å². The van der Waals surface area contributed by atoms with Crippen LogP contribution in [0.4, 0.5) is 0 Å². The van der Waals surface area contributed by atoms with Crippen molar-refractivity contribution in [3.05, 3.63) is 35.2 Å². The van der Waals surface area contributed by atoms with Gasteiger partial charge < -0.3 is 9.30 Å². The summed E-state index contributed by atoms with van der Waals surface area (Å²) in [6.45, 7) is 4.62. The van der Waals surface area contributed by atoms with E-state index in [4.69, 9.17) is 16.3 Å². The Kier molecular flexibility index (Phi) is 4.16. The van der Waals surface area contributed by atoms with Gasteiger partial charge in [0.1, 0.15) is 16.5 Å². The van der Waals surface area contributed by atoms with Crippen LogP contribution in [0.25, 0.3) is 11.5 Å². The second kappa shape index (κ2) is 5.84. The van der Waals surface area contributed by atoms with E-state index in [9.17, 15) is 4.79 Å². The van der Waals surface area contributed by atoms with Crippen molar-refractivity contribution in [3.63, 3.8) is 0 Å². The molecule has 0 atom stereocenters. The van der Waals surface area contributed by atoms with E-state index in [1.54, 1.807) is 29.7 Å². The first-order valence-electron chi connectivity index (χ1n) is 6.03. The summed E-state index contributed by atoms with van der Waals surface area (Å²) < 4.78 is 6.76. The monoisotopic (exact) mass is 279 g/mol. The molecular formula is C13H14ClN3O2. The number of aromatic nitrogens is 3. The third kappa shape index (κ3) is 2.76. The summed E-state index contributed by atoms with van der Waals surface area (Å²) in [5.41, 5.74) is 1.05. The van der Waals surface area contributed by atoms with Gasteiger partial charge in [0.15, 0.2) is 5.82 Å². The Morgan fingerprint density at radius 1 is 1.42 bits per heavy atom. The predicted octanol–water partition coefficient (Wildman–Crippen LogP) is 2.80. The average Bonchev–Trinajstić information content (AvgIpc) is 2.82. The van der Waals surface area contributed by atoms with Crippen LogP contribution in [-0.4, -0.2) is 27.1 Å². The second-order valence-electron chi connectivity index (χ2n) is 3.78. The average molecular weight is 280 g/mol. The van der Waals surface area contributed by atoms with Crippen LogP contribution < -0.4 is 0 Å². The topological polar surface area (TPSA) is 57.0 Å². The maximum atomic E-state index is 11.8. The molecule has 5 nitrogen and oxygen atoms in total. The van der Waals surface area contributed by atoms with Crippen molar-refractivity contribution >= 4 is 17.6 Å². The quantitative estimate of drug-likeness (QED) is 0.638. The number of hydrogen-bond donors (Lipinski definition) is 0. The number of rotatable bonds is 4. The zero-order chi connectivity index (χ0) is 13.8.